The van der Waals surface area contributed by atoms with Crippen molar-refractivity contribution in [1.29, 1.82) is 0 Å². The number of nitrogens with zero attached hydrogens (tertiary/aromatic N) is 3. The van der Waals surface area contributed by atoms with Crippen LogP contribution in [0.4, 0.5) is 4.79 Å². The Morgan fingerprint density at radius 2 is 1.90 bits per heavy atom. The third-order valence-electron chi connectivity index (χ3n) is 4.72. The van der Waals surface area contributed by atoms with E-state index in [2.05, 4.69) is 39.7 Å². The number of alkyl carbamates (subject to hydrolysis) is 1. The number of benzene rings is 1. The summed E-state index contributed by atoms with van der Waals surface area (Å²) in [5.74, 6) is 1.28. The fourth-order valence-corrected chi connectivity index (χ4v) is 2.97. The van der Waals surface area contributed by atoms with Crippen LogP contribution in [0.15, 0.2) is 39.4 Å². The van der Waals surface area contributed by atoms with Gasteiger partial charge < -0.3 is 19.1 Å². The van der Waals surface area contributed by atoms with E-state index in [-0.39, 0.29) is 5.89 Å². The number of ether oxygens (including phenoxy) is 1. The molecule has 1 aliphatic carbocycles. The molecule has 4 rings (SSSR count). The van der Waals surface area contributed by atoms with Crippen molar-refractivity contribution in [2.45, 2.75) is 58.1 Å². The zero-order valence-corrected chi connectivity index (χ0v) is 17.0. The topological polar surface area (TPSA) is 103 Å². The fraction of sp³-hybridized carbons (Fsp3) is 0.429. The molecule has 8 nitrogen and oxygen atoms in total. The molecule has 1 N–H and O–H groups in total. The molecule has 2 aromatic heterocycles. The van der Waals surface area contributed by atoms with E-state index in [9.17, 15) is 4.79 Å². The second-order valence-electron chi connectivity index (χ2n) is 8.26. The van der Waals surface area contributed by atoms with Crippen molar-refractivity contribution < 1.29 is 18.6 Å². The average Bonchev–Trinajstić information content (AvgIpc) is 3.10. The number of hydrogen-bond donors (Lipinski definition) is 1. The van der Waals surface area contributed by atoms with Gasteiger partial charge in [-0.25, -0.2) is 4.79 Å². The maximum Gasteiger partial charge on any atom is 0.408 e. The molecule has 2 heterocycles. The number of hydrogen-bond acceptors (Lipinski definition) is 7. The van der Waals surface area contributed by atoms with E-state index in [1.165, 1.54) is 5.56 Å². The number of aromatic nitrogens is 3. The summed E-state index contributed by atoms with van der Waals surface area (Å²) in [5.41, 5.74) is 1.40. The Hall–Kier alpha value is -3.16. The van der Waals surface area contributed by atoms with Crippen LogP contribution in [0.1, 0.15) is 51.9 Å². The van der Waals surface area contributed by atoms with Crippen molar-refractivity contribution in [3.8, 4) is 22.9 Å². The van der Waals surface area contributed by atoms with Crippen LogP contribution in [0.3, 0.4) is 0 Å². The zero-order chi connectivity index (χ0) is 20.6. The monoisotopic (exact) mass is 396 g/mol. The number of nitrogens with one attached hydrogen (secondary N) is 1. The molecule has 1 amide bonds. The summed E-state index contributed by atoms with van der Waals surface area (Å²) in [5, 5.41) is 10.9. The first kappa shape index (κ1) is 19.2. The van der Waals surface area contributed by atoms with Gasteiger partial charge in [0.15, 0.2) is 17.3 Å². The number of aryl methyl sites for hydroxylation is 1. The largest absolute Gasteiger partial charge is 0.444 e. The minimum atomic E-state index is -0.646. The van der Waals surface area contributed by atoms with Crippen LogP contribution in [0.25, 0.3) is 22.9 Å². The van der Waals surface area contributed by atoms with Gasteiger partial charge in [-0.15, -0.1) is 0 Å². The normalized spacial score (nSPS) is 15.2. The van der Waals surface area contributed by atoms with E-state index >= 15 is 0 Å². The van der Waals surface area contributed by atoms with Gasteiger partial charge in [-0.1, -0.05) is 41.5 Å². The van der Waals surface area contributed by atoms with Gasteiger partial charge in [0.05, 0.1) is 0 Å². The Morgan fingerprint density at radius 3 is 2.52 bits per heavy atom. The quantitative estimate of drug-likeness (QED) is 0.678. The Balaban J connectivity index is 1.49. The van der Waals surface area contributed by atoms with Crippen LogP contribution in [0.2, 0.25) is 0 Å². The maximum absolute atomic E-state index is 12.1. The molecule has 8 heteroatoms. The fourth-order valence-electron chi connectivity index (χ4n) is 2.97. The van der Waals surface area contributed by atoms with E-state index in [1.54, 1.807) is 6.07 Å². The average molecular weight is 396 g/mol. The van der Waals surface area contributed by atoms with Gasteiger partial charge in [-0.05, 0) is 45.6 Å². The van der Waals surface area contributed by atoms with Gasteiger partial charge in [-0.3, -0.25) is 0 Å². The SMILES string of the molecule is CCc1ccc(-c2cc(-c3nc(C4(NC(=O)OC(C)(C)C)CC4)no3)no2)cc1. The molecule has 0 bridgehead atoms. The molecular weight excluding hydrogens is 372 g/mol. The van der Waals surface area contributed by atoms with Crippen LogP contribution in [-0.2, 0) is 16.7 Å². The highest BCUT2D eigenvalue weighted by Crippen LogP contribution is 2.44. The first-order valence-corrected chi connectivity index (χ1v) is 9.70. The molecule has 1 aliphatic rings. The minimum absolute atomic E-state index is 0.248. The molecule has 0 aliphatic heterocycles. The summed E-state index contributed by atoms with van der Waals surface area (Å²) < 4.78 is 16.1. The summed E-state index contributed by atoms with van der Waals surface area (Å²) in [4.78, 5) is 16.6. The van der Waals surface area contributed by atoms with Gasteiger partial charge in [0, 0.05) is 11.6 Å². The van der Waals surface area contributed by atoms with Gasteiger partial charge in [-0.2, -0.15) is 4.98 Å². The van der Waals surface area contributed by atoms with Crippen LogP contribution < -0.4 is 5.32 Å². The molecule has 1 fully saturated rings. The Morgan fingerprint density at radius 1 is 1.17 bits per heavy atom. The van der Waals surface area contributed by atoms with Gasteiger partial charge in [0.2, 0.25) is 0 Å². The lowest BCUT2D eigenvalue weighted by atomic mass is 10.1. The van der Waals surface area contributed by atoms with E-state index in [0.717, 1.165) is 24.8 Å². The highest BCUT2D eigenvalue weighted by atomic mass is 16.6. The van der Waals surface area contributed by atoms with Crippen LogP contribution in [0, 0.1) is 0 Å². The summed E-state index contributed by atoms with van der Waals surface area (Å²) in [6.45, 7) is 7.56. The Labute approximate surface area is 168 Å². The van der Waals surface area contributed by atoms with Gasteiger partial charge >= 0.3 is 6.09 Å². The van der Waals surface area contributed by atoms with Gasteiger partial charge in [0.25, 0.3) is 5.89 Å². The van der Waals surface area contributed by atoms with Crippen LogP contribution in [0.5, 0.6) is 0 Å². The predicted molar refractivity (Wildman–Crippen MR) is 105 cm³/mol. The maximum atomic E-state index is 12.1. The molecule has 0 saturated heterocycles. The lowest BCUT2D eigenvalue weighted by Crippen LogP contribution is -2.39. The summed E-state index contributed by atoms with van der Waals surface area (Å²) in [6, 6.07) is 9.86. The molecule has 0 spiro atoms. The number of amides is 1. The number of carbonyl (C=O) groups excluding carboxylic acids is 1. The third-order valence-corrected chi connectivity index (χ3v) is 4.72. The first-order chi connectivity index (χ1) is 13.8. The van der Waals surface area contributed by atoms with Crippen molar-refractivity contribution in [3.05, 3.63) is 41.7 Å². The van der Waals surface area contributed by atoms with Crippen molar-refractivity contribution in [3.63, 3.8) is 0 Å². The smallest absolute Gasteiger partial charge is 0.408 e. The summed E-state index contributed by atoms with van der Waals surface area (Å²) in [7, 11) is 0. The third kappa shape index (κ3) is 4.16. The Bertz CT molecular complexity index is 1010. The van der Waals surface area contributed by atoms with Crippen LogP contribution in [-0.4, -0.2) is 27.0 Å². The second-order valence-corrected chi connectivity index (χ2v) is 8.26. The first-order valence-electron chi connectivity index (χ1n) is 9.70. The molecule has 0 atom stereocenters. The molecule has 152 valence electrons. The standard InChI is InChI=1S/C21H24N4O4/c1-5-13-6-8-14(9-7-13)16-12-15(24-28-16)17-22-18(25-29-17)21(10-11-21)23-19(26)27-20(2,3)4/h6-9,12H,5,10-11H2,1-4H3,(H,23,26). The van der Waals surface area contributed by atoms with Crippen molar-refractivity contribution in [2.24, 2.45) is 0 Å². The zero-order valence-electron chi connectivity index (χ0n) is 17.0. The number of rotatable bonds is 5. The van der Waals surface area contributed by atoms with E-state index < -0.39 is 17.2 Å². The molecule has 0 radical (unpaired) electrons. The second kappa shape index (κ2) is 7.02. The van der Waals surface area contributed by atoms with E-state index in [1.807, 2.05) is 32.9 Å². The van der Waals surface area contributed by atoms with Crippen molar-refractivity contribution in [1.82, 2.24) is 20.6 Å². The number of carbonyl (C=O) groups is 1. The lowest BCUT2D eigenvalue weighted by molar-refractivity contribution is 0.0491. The van der Waals surface area contributed by atoms with Crippen molar-refractivity contribution >= 4 is 6.09 Å². The molecule has 0 unspecified atom stereocenters. The highest BCUT2D eigenvalue weighted by Gasteiger charge is 2.51. The molecule has 29 heavy (non-hydrogen) atoms. The van der Waals surface area contributed by atoms with Gasteiger partial charge in [0.1, 0.15) is 11.1 Å². The molecule has 1 saturated carbocycles. The minimum Gasteiger partial charge on any atom is -0.444 e. The summed E-state index contributed by atoms with van der Waals surface area (Å²) in [6.07, 6.45) is 1.92. The molecule has 1 aromatic carbocycles. The highest BCUT2D eigenvalue weighted by molar-refractivity contribution is 5.69. The van der Waals surface area contributed by atoms with E-state index in [0.29, 0.717) is 17.3 Å². The molecular formula is C21H24N4O4. The van der Waals surface area contributed by atoms with Crippen LogP contribution >= 0.6 is 0 Å². The Kier molecular flexibility index (Phi) is 4.64. The predicted octanol–water partition coefficient (Wildman–Crippen LogP) is 4.47. The lowest BCUT2D eigenvalue weighted by Gasteiger charge is -2.22. The van der Waals surface area contributed by atoms with E-state index in [4.69, 9.17) is 13.8 Å². The van der Waals surface area contributed by atoms with Crippen molar-refractivity contribution in [2.75, 3.05) is 0 Å². The summed E-state index contributed by atoms with van der Waals surface area (Å²) >= 11 is 0. The molecule has 3 aromatic rings.